The lowest BCUT2D eigenvalue weighted by Gasteiger charge is -2.21. The molecule has 0 aromatic heterocycles. The highest BCUT2D eigenvalue weighted by molar-refractivity contribution is 7.47. The molecule has 3 unspecified atom stereocenters. The molecule has 11 nitrogen and oxygen atoms in total. The van der Waals surface area contributed by atoms with Crippen LogP contribution in [0.2, 0.25) is 0 Å². The number of hydrogen-bond acceptors (Lipinski definition) is 10. The standard InChI is InChI=1S/C58H87O11P/c1-4-7-10-13-16-19-22-25-27-30-32-35-38-41-44-47-56(60)65-51-55(69-58(62)49-46-43-40-37-34-31-28-26-23-20-17-14-11-8-5-2)53-67-70(63,64)66-52-54(50-59)68-57(61)48-45-42-39-36-33-29-24-21-18-15-12-9-6-3/h7-12,16-21,25-29,32-35,37,41,43-44,46,54-55,59H,4-6,13-15,22-24,30-31,36,38-40,42,45,47-53H2,1-3H3,(H,63,64)/b10-7-,11-8-,12-9-,19-16-,20-17-,21-18-,27-25-,28-26-,33-29-,35-32-,37-34-,44-41-,46-43-. The van der Waals surface area contributed by atoms with Crippen LogP contribution in [0.3, 0.4) is 0 Å². The van der Waals surface area contributed by atoms with Gasteiger partial charge in [-0.2, -0.15) is 0 Å². The van der Waals surface area contributed by atoms with Gasteiger partial charge in [-0.15, -0.1) is 0 Å². The van der Waals surface area contributed by atoms with Crippen molar-refractivity contribution in [2.75, 3.05) is 26.4 Å². The van der Waals surface area contributed by atoms with Crippen molar-refractivity contribution in [3.8, 4) is 0 Å². The maximum atomic E-state index is 12.8. The average molecular weight is 991 g/mol. The number of aliphatic hydroxyl groups is 1. The fraction of sp³-hybridized carbons (Fsp3) is 0.500. The van der Waals surface area contributed by atoms with E-state index in [0.717, 1.165) is 89.9 Å². The third-order valence-electron chi connectivity index (χ3n) is 9.49. The zero-order valence-corrected chi connectivity index (χ0v) is 43.5. The lowest BCUT2D eigenvalue weighted by molar-refractivity contribution is -0.160. The van der Waals surface area contributed by atoms with Gasteiger partial charge in [0.05, 0.1) is 32.7 Å². The SMILES string of the molecule is CC/C=C\C/C=C\C/C=C\C/C=C\C/C=C\CC(=O)OCC(COP(=O)(O)OCC(CO)OC(=O)CCCCC/C=C\C/C=C\C/C=C\CC)OC(=O)C/C=C\C/C=C\C/C=C\C/C=C\C/C=C\CC. The Bertz CT molecular complexity index is 1770. The number of phosphoric ester groups is 1. The van der Waals surface area contributed by atoms with Gasteiger partial charge in [-0.3, -0.25) is 23.4 Å². The largest absolute Gasteiger partial charge is 0.472 e. The predicted octanol–water partition coefficient (Wildman–Crippen LogP) is 14.6. The highest BCUT2D eigenvalue weighted by Gasteiger charge is 2.28. The van der Waals surface area contributed by atoms with Crippen LogP contribution in [0.5, 0.6) is 0 Å². The normalized spacial score (nSPS) is 14.8. The van der Waals surface area contributed by atoms with Crippen molar-refractivity contribution in [1.82, 2.24) is 0 Å². The molecule has 0 fully saturated rings. The number of carbonyl (C=O) groups is 3. The summed E-state index contributed by atoms with van der Waals surface area (Å²) in [6.07, 6.45) is 65.7. The Morgan fingerprint density at radius 1 is 0.414 bits per heavy atom. The summed E-state index contributed by atoms with van der Waals surface area (Å²) in [5.74, 6) is -1.83. The summed E-state index contributed by atoms with van der Waals surface area (Å²) in [4.78, 5) is 48.2. The molecule has 2 N–H and O–H groups in total. The summed E-state index contributed by atoms with van der Waals surface area (Å²) < 4.78 is 39.0. The smallest absolute Gasteiger partial charge is 0.461 e. The molecular formula is C58H87O11P. The number of rotatable bonds is 44. The van der Waals surface area contributed by atoms with E-state index < -0.39 is 64.4 Å². The van der Waals surface area contributed by atoms with Gasteiger partial charge in [0.25, 0.3) is 0 Å². The number of unbranched alkanes of at least 4 members (excludes halogenated alkanes) is 3. The molecule has 70 heavy (non-hydrogen) atoms. The van der Waals surface area contributed by atoms with Gasteiger partial charge in [-0.25, -0.2) is 4.57 Å². The van der Waals surface area contributed by atoms with E-state index >= 15 is 0 Å². The van der Waals surface area contributed by atoms with Gasteiger partial charge in [0.15, 0.2) is 6.10 Å². The quantitative estimate of drug-likeness (QED) is 0.0197. The molecule has 0 aromatic carbocycles. The minimum Gasteiger partial charge on any atom is -0.461 e. The molecule has 0 saturated heterocycles. The van der Waals surface area contributed by atoms with E-state index in [1.807, 2.05) is 36.5 Å². The molecule has 0 aliphatic carbocycles. The van der Waals surface area contributed by atoms with Gasteiger partial charge in [-0.1, -0.05) is 185 Å². The van der Waals surface area contributed by atoms with Crippen LogP contribution >= 0.6 is 7.82 Å². The lowest BCUT2D eigenvalue weighted by Crippen LogP contribution is -2.30. The summed E-state index contributed by atoms with van der Waals surface area (Å²) in [6, 6.07) is 0. The van der Waals surface area contributed by atoms with E-state index in [0.29, 0.717) is 19.3 Å². The van der Waals surface area contributed by atoms with Gasteiger partial charge >= 0.3 is 25.7 Å². The Morgan fingerprint density at radius 2 is 0.757 bits per heavy atom. The number of ether oxygens (including phenoxy) is 3. The van der Waals surface area contributed by atoms with Crippen LogP contribution in [0, 0.1) is 0 Å². The van der Waals surface area contributed by atoms with Crippen molar-refractivity contribution in [2.45, 2.75) is 161 Å². The molecule has 0 saturated carbocycles. The van der Waals surface area contributed by atoms with Gasteiger partial charge in [0.1, 0.15) is 12.7 Å². The molecule has 0 aliphatic heterocycles. The first-order chi connectivity index (χ1) is 34.2. The van der Waals surface area contributed by atoms with Crippen LogP contribution in [0.25, 0.3) is 0 Å². The molecule has 0 heterocycles. The summed E-state index contributed by atoms with van der Waals surface area (Å²) in [6.45, 7) is 3.98. The van der Waals surface area contributed by atoms with Crippen LogP contribution < -0.4 is 0 Å². The predicted molar refractivity (Wildman–Crippen MR) is 288 cm³/mol. The van der Waals surface area contributed by atoms with Crippen LogP contribution in [0.4, 0.5) is 0 Å². The number of allylic oxidation sites excluding steroid dienone is 24. The maximum absolute atomic E-state index is 12.8. The van der Waals surface area contributed by atoms with Gasteiger partial charge < -0.3 is 24.2 Å². The molecule has 0 radical (unpaired) electrons. The van der Waals surface area contributed by atoms with Crippen molar-refractivity contribution in [3.63, 3.8) is 0 Å². The number of hydrogen-bond donors (Lipinski definition) is 2. The fourth-order valence-electron chi connectivity index (χ4n) is 5.75. The van der Waals surface area contributed by atoms with Crippen LogP contribution in [-0.4, -0.2) is 66.5 Å². The Labute approximate surface area is 422 Å². The van der Waals surface area contributed by atoms with Crippen LogP contribution in [-0.2, 0) is 42.2 Å². The topological polar surface area (TPSA) is 155 Å². The molecule has 0 aliphatic rings. The van der Waals surface area contributed by atoms with Crippen molar-refractivity contribution >= 4 is 25.7 Å². The van der Waals surface area contributed by atoms with Crippen molar-refractivity contribution in [3.05, 3.63) is 158 Å². The van der Waals surface area contributed by atoms with Gasteiger partial charge in [0, 0.05) is 6.42 Å². The lowest BCUT2D eigenvalue weighted by atomic mass is 10.1. The Kier molecular flexibility index (Phi) is 47.0. The number of carbonyl (C=O) groups excluding carboxylic acids is 3. The third-order valence-corrected chi connectivity index (χ3v) is 10.4. The van der Waals surface area contributed by atoms with E-state index in [-0.39, 0.29) is 19.3 Å². The summed E-state index contributed by atoms with van der Waals surface area (Å²) >= 11 is 0. The second-order valence-electron chi connectivity index (χ2n) is 15.9. The molecule has 0 aromatic rings. The van der Waals surface area contributed by atoms with E-state index in [1.54, 1.807) is 12.2 Å². The number of phosphoric acid groups is 1. The van der Waals surface area contributed by atoms with Gasteiger partial charge in [0.2, 0.25) is 0 Å². The van der Waals surface area contributed by atoms with Crippen molar-refractivity contribution in [2.24, 2.45) is 0 Å². The highest BCUT2D eigenvalue weighted by atomic mass is 31.2. The molecule has 0 bridgehead atoms. The number of aliphatic hydroxyl groups excluding tert-OH is 1. The maximum Gasteiger partial charge on any atom is 0.472 e. The Balaban J connectivity index is 5.04. The minimum atomic E-state index is -4.81. The highest BCUT2D eigenvalue weighted by Crippen LogP contribution is 2.43. The molecule has 390 valence electrons. The summed E-state index contributed by atoms with van der Waals surface area (Å²) in [5.41, 5.74) is 0. The zero-order chi connectivity index (χ0) is 51.3. The first-order valence-corrected chi connectivity index (χ1v) is 26.9. The van der Waals surface area contributed by atoms with E-state index in [2.05, 4.69) is 130 Å². The van der Waals surface area contributed by atoms with Crippen molar-refractivity contribution < 1.29 is 52.2 Å². The Hall–Kier alpha value is -4.90. The molecule has 12 heteroatoms. The van der Waals surface area contributed by atoms with Crippen molar-refractivity contribution in [1.29, 1.82) is 0 Å². The molecular weight excluding hydrogens is 904 g/mol. The second kappa shape index (κ2) is 50.5. The fourth-order valence-corrected chi connectivity index (χ4v) is 6.53. The second-order valence-corrected chi connectivity index (χ2v) is 17.3. The Morgan fingerprint density at radius 3 is 1.16 bits per heavy atom. The van der Waals surface area contributed by atoms with E-state index in [4.69, 9.17) is 23.3 Å². The zero-order valence-electron chi connectivity index (χ0n) is 42.7. The van der Waals surface area contributed by atoms with Crippen LogP contribution in [0.15, 0.2) is 158 Å². The first-order valence-electron chi connectivity index (χ1n) is 25.4. The monoisotopic (exact) mass is 991 g/mol. The molecule has 0 spiro atoms. The van der Waals surface area contributed by atoms with Gasteiger partial charge in [-0.05, 0) is 103 Å². The third kappa shape index (κ3) is 48.1. The first kappa shape index (κ1) is 65.1. The molecule has 0 rings (SSSR count). The van der Waals surface area contributed by atoms with Crippen LogP contribution in [0.1, 0.15) is 149 Å². The summed E-state index contributed by atoms with van der Waals surface area (Å²) in [7, 11) is -4.81. The molecule has 0 amide bonds. The molecule has 3 atom stereocenters. The number of esters is 3. The van der Waals surface area contributed by atoms with E-state index in [1.165, 1.54) is 0 Å². The minimum absolute atomic E-state index is 0.0366. The van der Waals surface area contributed by atoms with E-state index in [9.17, 15) is 28.9 Å². The average Bonchev–Trinajstić information content (AvgIpc) is 3.35. The summed E-state index contributed by atoms with van der Waals surface area (Å²) in [5, 5.41) is 9.76.